The topological polar surface area (TPSA) is 63.9 Å². The molecular weight excluding hydrogens is 238 g/mol. The molecule has 102 valence electrons. The summed E-state index contributed by atoms with van der Waals surface area (Å²) in [6.45, 7) is 4.43. The highest BCUT2D eigenvalue weighted by molar-refractivity contribution is 5.77. The lowest BCUT2D eigenvalue weighted by Crippen LogP contribution is -1.95. The van der Waals surface area contributed by atoms with Crippen molar-refractivity contribution in [2.75, 3.05) is 12.8 Å². The molecule has 2 rings (SSSR count). The monoisotopic (exact) mass is 259 g/mol. The number of hydrogen-bond donors (Lipinski definition) is 2. The Morgan fingerprint density at radius 2 is 2.16 bits per heavy atom. The molecule has 0 saturated heterocycles. The maximum Gasteiger partial charge on any atom is 0.153 e. The molecule has 0 fully saturated rings. The van der Waals surface area contributed by atoms with Crippen molar-refractivity contribution in [1.29, 1.82) is 0 Å². The fraction of sp³-hybridized carbons (Fsp3) is 0.400. The predicted octanol–water partition coefficient (Wildman–Crippen LogP) is 3.26. The number of aromatic amines is 1. The molecule has 0 amide bonds. The lowest BCUT2D eigenvalue weighted by Gasteiger charge is -2.08. The van der Waals surface area contributed by atoms with Gasteiger partial charge in [0.25, 0.3) is 0 Å². The van der Waals surface area contributed by atoms with Gasteiger partial charge in [-0.15, -0.1) is 0 Å². The number of methoxy groups -OCH3 is 1. The predicted molar refractivity (Wildman–Crippen MR) is 78.1 cm³/mol. The van der Waals surface area contributed by atoms with E-state index < -0.39 is 0 Å². The number of nitrogens with two attached hydrogens (primary N) is 1. The molecular formula is C15H21N3O. The van der Waals surface area contributed by atoms with Crippen molar-refractivity contribution in [2.24, 2.45) is 5.92 Å². The van der Waals surface area contributed by atoms with Crippen LogP contribution in [0, 0.1) is 5.92 Å². The van der Waals surface area contributed by atoms with E-state index in [1.807, 2.05) is 24.3 Å². The number of aromatic nitrogens is 2. The number of nitrogen functional groups attached to an aromatic ring is 1. The van der Waals surface area contributed by atoms with Crippen molar-refractivity contribution in [3.8, 4) is 16.9 Å². The van der Waals surface area contributed by atoms with Gasteiger partial charge in [-0.1, -0.05) is 26.0 Å². The number of nitrogens with zero attached hydrogens (tertiary/aromatic N) is 1. The smallest absolute Gasteiger partial charge is 0.153 e. The molecule has 2 aromatic rings. The van der Waals surface area contributed by atoms with Crippen molar-refractivity contribution in [3.05, 3.63) is 30.0 Å². The Bertz CT molecular complexity index is 546. The minimum absolute atomic E-state index is 0.548. The molecule has 0 saturated carbocycles. The summed E-state index contributed by atoms with van der Waals surface area (Å²) in [6, 6.07) is 7.91. The van der Waals surface area contributed by atoms with Crippen LogP contribution in [0.1, 0.15) is 26.0 Å². The Morgan fingerprint density at radius 3 is 2.84 bits per heavy atom. The van der Waals surface area contributed by atoms with E-state index >= 15 is 0 Å². The molecule has 1 heterocycles. The van der Waals surface area contributed by atoms with Crippen molar-refractivity contribution in [2.45, 2.75) is 26.7 Å². The third-order valence-corrected chi connectivity index (χ3v) is 3.20. The first-order valence-corrected chi connectivity index (χ1v) is 6.59. The Kier molecular flexibility index (Phi) is 4.10. The maximum absolute atomic E-state index is 5.99. The van der Waals surface area contributed by atoms with Gasteiger partial charge in [0.1, 0.15) is 5.75 Å². The van der Waals surface area contributed by atoms with E-state index in [0.717, 1.165) is 35.4 Å². The molecule has 0 spiro atoms. The molecule has 0 aliphatic carbocycles. The minimum atomic E-state index is 0.548. The number of hydrogen-bond acceptors (Lipinski definition) is 3. The van der Waals surface area contributed by atoms with Crippen molar-refractivity contribution < 1.29 is 4.74 Å². The van der Waals surface area contributed by atoms with E-state index in [4.69, 9.17) is 10.5 Å². The van der Waals surface area contributed by atoms with Gasteiger partial charge in [-0.25, -0.2) is 0 Å². The van der Waals surface area contributed by atoms with Gasteiger partial charge < -0.3 is 10.5 Å². The summed E-state index contributed by atoms with van der Waals surface area (Å²) in [5.41, 5.74) is 9.13. The van der Waals surface area contributed by atoms with Crippen LogP contribution in [-0.2, 0) is 6.42 Å². The van der Waals surface area contributed by atoms with Crippen molar-refractivity contribution >= 4 is 5.82 Å². The van der Waals surface area contributed by atoms with E-state index in [0.29, 0.717) is 11.7 Å². The lowest BCUT2D eigenvalue weighted by atomic mass is 9.99. The third kappa shape index (κ3) is 3.08. The van der Waals surface area contributed by atoms with Gasteiger partial charge in [-0.3, -0.25) is 5.10 Å². The van der Waals surface area contributed by atoms with Crippen LogP contribution in [0.4, 0.5) is 5.82 Å². The quantitative estimate of drug-likeness (QED) is 0.866. The zero-order valence-corrected chi connectivity index (χ0v) is 11.7. The van der Waals surface area contributed by atoms with E-state index in [9.17, 15) is 0 Å². The number of nitrogens with one attached hydrogen (secondary N) is 1. The molecule has 19 heavy (non-hydrogen) atoms. The molecule has 4 nitrogen and oxygen atoms in total. The first kappa shape index (κ1) is 13.5. The summed E-state index contributed by atoms with van der Waals surface area (Å²) in [4.78, 5) is 0. The molecule has 0 atom stereocenters. The second kappa shape index (κ2) is 5.78. The number of rotatable bonds is 5. The molecule has 0 radical (unpaired) electrons. The fourth-order valence-electron chi connectivity index (χ4n) is 2.11. The molecule has 0 bridgehead atoms. The van der Waals surface area contributed by atoms with E-state index in [1.165, 1.54) is 0 Å². The second-order valence-electron chi connectivity index (χ2n) is 5.13. The summed E-state index contributed by atoms with van der Waals surface area (Å²) in [7, 11) is 1.66. The summed E-state index contributed by atoms with van der Waals surface area (Å²) < 4.78 is 5.26. The second-order valence-corrected chi connectivity index (χ2v) is 5.13. The number of benzene rings is 1. The van der Waals surface area contributed by atoms with Crippen LogP contribution in [0.3, 0.4) is 0 Å². The molecule has 0 aliphatic rings. The van der Waals surface area contributed by atoms with Crippen LogP contribution in [0.2, 0.25) is 0 Å². The van der Waals surface area contributed by atoms with Crippen molar-refractivity contribution in [1.82, 2.24) is 10.2 Å². The van der Waals surface area contributed by atoms with Crippen LogP contribution in [0.25, 0.3) is 11.1 Å². The zero-order valence-electron chi connectivity index (χ0n) is 11.7. The lowest BCUT2D eigenvalue weighted by molar-refractivity contribution is 0.415. The largest absolute Gasteiger partial charge is 0.497 e. The van der Waals surface area contributed by atoms with Gasteiger partial charge in [0, 0.05) is 11.3 Å². The highest BCUT2D eigenvalue weighted by Crippen LogP contribution is 2.31. The van der Waals surface area contributed by atoms with Gasteiger partial charge in [0.05, 0.1) is 7.11 Å². The average Bonchev–Trinajstić information content (AvgIpc) is 2.77. The Morgan fingerprint density at radius 1 is 1.37 bits per heavy atom. The van der Waals surface area contributed by atoms with Crippen LogP contribution in [0.15, 0.2) is 24.3 Å². The van der Waals surface area contributed by atoms with Gasteiger partial charge in [-0.2, -0.15) is 5.10 Å². The van der Waals surface area contributed by atoms with Gasteiger partial charge in [0.2, 0.25) is 0 Å². The van der Waals surface area contributed by atoms with E-state index in [1.54, 1.807) is 7.11 Å². The van der Waals surface area contributed by atoms with Crippen LogP contribution in [-0.4, -0.2) is 17.3 Å². The van der Waals surface area contributed by atoms with Gasteiger partial charge in [0.15, 0.2) is 5.82 Å². The summed E-state index contributed by atoms with van der Waals surface area (Å²) in [6.07, 6.45) is 2.06. The zero-order chi connectivity index (χ0) is 13.8. The summed E-state index contributed by atoms with van der Waals surface area (Å²) in [5, 5.41) is 7.19. The number of aryl methyl sites for hydroxylation is 1. The van der Waals surface area contributed by atoms with Gasteiger partial charge in [-0.05, 0) is 36.5 Å². The standard InChI is InChI=1S/C15H21N3O/c1-10(2)7-8-13-14(15(16)18-17-13)11-5-4-6-12(9-11)19-3/h4-6,9-10H,7-8H2,1-3H3,(H3,16,17,18). The number of H-pyrrole nitrogens is 1. The average molecular weight is 259 g/mol. The molecule has 3 N–H and O–H groups in total. The van der Waals surface area contributed by atoms with Crippen LogP contribution in [0.5, 0.6) is 5.75 Å². The normalized spacial score (nSPS) is 10.9. The first-order chi connectivity index (χ1) is 9.11. The summed E-state index contributed by atoms with van der Waals surface area (Å²) >= 11 is 0. The highest BCUT2D eigenvalue weighted by Gasteiger charge is 2.13. The number of ether oxygens (including phenoxy) is 1. The minimum Gasteiger partial charge on any atom is -0.497 e. The molecule has 1 aromatic heterocycles. The molecule has 1 aromatic carbocycles. The van der Waals surface area contributed by atoms with E-state index in [-0.39, 0.29) is 0 Å². The van der Waals surface area contributed by atoms with Crippen molar-refractivity contribution in [3.63, 3.8) is 0 Å². The SMILES string of the molecule is COc1cccc(-c2c(N)n[nH]c2CCC(C)C)c1. The molecule has 4 heteroatoms. The van der Waals surface area contributed by atoms with Crippen LogP contribution < -0.4 is 10.5 Å². The third-order valence-electron chi connectivity index (χ3n) is 3.20. The fourth-order valence-corrected chi connectivity index (χ4v) is 2.11. The van der Waals surface area contributed by atoms with Gasteiger partial charge >= 0.3 is 0 Å². The Hall–Kier alpha value is -1.97. The molecule has 0 aliphatic heterocycles. The Labute approximate surface area is 114 Å². The maximum atomic E-state index is 5.99. The molecule has 0 unspecified atom stereocenters. The van der Waals surface area contributed by atoms with Crippen LogP contribution >= 0.6 is 0 Å². The number of anilines is 1. The Balaban J connectivity index is 2.34. The highest BCUT2D eigenvalue weighted by atomic mass is 16.5. The first-order valence-electron chi connectivity index (χ1n) is 6.59. The van der Waals surface area contributed by atoms with E-state index in [2.05, 4.69) is 24.0 Å². The summed E-state index contributed by atoms with van der Waals surface area (Å²) in [5.74, 6) is 2.03.